The Labute approximate surface area is 75.0 Å². The first-order valence-electron chi connectivity index (χ1n) is 4.81. The number of hydrogen-bond donors (Lipinski definition) is 1. The second-order valence-corrected chi connectivity index (χ2v) is 3.62. The average Bonchev–Trinajstić information content (AvgIpc) is 1.98. The summed E-state index contributed by atoms with van der Waals surface area (Å²) < 4.78 is 0. The monoisotopic (exact) mass is 172 g/mol. The molecule has 0 aliphatic rings. The van der Waals surface area contributed by atoms with Gasteiger partial charge in [-0.2, -0.15) is 0 Å². The van der Waals surface area contributed by atoms with Gasteiger partial charge in [0, 0.05) is 6.42 Å². The molecule has 0 aromatic rings. The highest BCUT2D eigenvalue weighted by atomic mass is 16.4. The van der Waals surface area contributed by atoms with Gasteiger partial charge in [0.05, 0.1) is 0 Å². The lowest BCUT2D eigenvalue weighted by Gasteiger charge is -2.16. The summed E-state index contributed by atoms with van der Waals surface area (Å²) in [7, 11) is 0. The van der Waals surface area contributed by atoms with Gasteiger partial charge in [-0.25, -0.2) is 0 Å². The largest absolute Gasteiger partial charge is 0.481 e. The van der Waals surface area contributed by atoms with Gasteiger partial charge in [-0.1, -0.05) is 33.6 Å². The smallest absolute Gasteiger partial charge is 0.303 e. The van der Waals surface area contributed by atoms with E-state index in [-0.39, 0.29) is 0 Å². The van der Waals surface area contributed by atoms with E-state index in [1.807, 2.05) is 6.92 Å². The lowest BCUT2D eigenvalue weighted by Crippen LogP contribution is -2.09. The van der Waals surface area contributed by atoms with E-state index < -0.39 is 5.97 Å². The minimum atomic E-state index is -0.673. The zero-order valence-corrected chi connectivity index (χ0v) is 8.34. The third-order valence-electron chi connectivity index (χ3n) is 2.41. The molecule has 1 unspecified atom stereocenters. The molecule has 72 valence electrons. The molecule has 0 saturated heterocycles. The average molecular weight is 172 g/mol. The maximum atomic E-state index is 10.4. The third kappa shape index (κ3) is 5.16. The molecule has 2 nitrogen and oxygen atoms in total. The Morgan fingerprint density at radius 1 is 1.33 bits per heavy atom. The van der Waals surface area contributed by atoms with Gasteiger partial charge in [0.1, 0.15) is 0 Å². The number of carbonyl (C=O) groups is 1. The highest BCUT2D eigenvalue weighted by Gasteiger charge is 2.12. The van der Waals surface area contributed by atoms with Crippen molar-refractivity contribution in [3.63, 3.8) is 0 Å². The van der Waals surface area contributed by atoms with Gasteiger partial charge in [-0.3, -0.25) is 4.79 Å². The first-order chi connectivity index (χ1) is 5.60. The van der Waals surface area contributed by atoms with Gasteiger partial charge in [-0.15, -0.1) is 0 Å². The highest BCUT2D eigenvalue weighted by molar-refractivity contribution is 5.66. The fraction of sp³-hybridized carbons (Fsp3) is 0.900. The molecule has 0 saturated carbocycles. The highest BCUT2D eigenvalue weighted by Crippen LogP contribution is 2.20. The fourth-order valence-electron chi connectivity index (χ4n) is 1.57. The Kier molecular flexibility index (Phi) is 5.77. The molecule has 0 heterocycles. The fourth-order valence-corrected chi connectivity index (χ4v) is 1.57. The Balaban J connectivity index is 3.65. The Hall–Kier alpha value is -0.530. The van der Waals surface area contributed by atoms with Gasteiger partial charge in [-0.05, 0) is 18.3 Å². The lowest BCUT2D eigenvalue weighted by atomic mass is 9.90. The number of carboxylic acids is 1. The maximum absolute atomic E-state index is 10.4. The van der Waals surface area contributed by atoms with E-state index in [0.717, 1.165) is 6.42 Å². The SMILES string of the molecule is CCC(CC)CC(C)CC(=O)O. The predicted octanol–water partition coefficient (Wildman–Crippen LogP) is 2.92. The number of aliphatic carboxylic acids is 1. The van der Waals surface area contributed by atoms with Gasteiger partial charge in [0.25, 0.3) is 0 Å². The summed E-state index contributed by atoms with van der Waals surface area (Å²) in [6.07, 6.45) is 3.71. The molecular weight excluding hydrogens is 152 g/mol. The molecular formula is C10H20O2. The summed E-state index contributed by atoms with van der Waals surface area (Å²) in [5.74, 6) is 0.361. The van der Waals surface area contributed by atoms with Crippen LogP contribution in [0.1, 0.15) is 46.5 Å². The molecule has 0 aliphatic heterocycles. The van der Waals surface area contributed by atoms with Crippen molar-refractivity contribution in [2.75, 3.05) is 0 Å². The van der Waals surface area contributed by atoms with Gasteiger partial charge >= 0.3 is 5.97 Å². The standard InChI is InChI=1S/C10H20O2/c1-4-9(5-2)6-8(3)7-10(11)12/h8-9H,4-7H2,1-3H3,(H,11,12). The summed E-state index contributed by atoms with van der Waals surface area (Å²) in [5, 5.41) is 8.54. The van der Waals surface area contributed by atoms with Crippen molar-refractivity contribution in [3.8, 4) is 0 Å². The van der Waals surface area contributed by atoms with Gasteiger partial charge in [0.2, 0.25) is 0 Å². The summed E-state index contributed by atoms with van der Waals surface area (Å²) >= 11 is 0. The number of hydrogen-bond acceptors (Lipinski definition) is 1. The molecule has 0 aromatic carbocycles. The molecule has 0 amide bonds. The quantitative estimate of drug-likeness (QED) is 0.668. The minimum Gasteiger partial charge on any atom is -0.481 e. The van der Waals surface area contributed by atoms with Crippen LogP contribution in [0.4, 0.5) is 0 Å². The van der Waals surface area contributed by atoms with Crippen molar-refractivity contribution in [1.82, 2.24) is 0 Å². The zero-order valence-electron chi connectivity index (χ0n) is 8.34. The van der Waals surface area contributed by atoms with Crippen LogP contribution < -0.4 is 0 Å². The van der Waals surface area contributed by atoms with E-state index in [1.54, 1.807) is 0 Å². The molecule has 0 aromatic heterocycles. The molecule has 0 radical (unpaired) electrons. The third-order valence-corrected chi connectivity index (χ3v) is 2.41. The Bertz CT molecular complexity index is 128. The molecule has 1 N–H and O–H groups in total. The second kappa shape index (κ2) is 6.04. The number of carboxylic acid groups (broad SMARTS) is 1. The van der Waals surface area contributed by atoms with Crippen LogP contribution in [-0.4, -0.2) is 11.1 Å². The van der Waals surface area contributed by atoms with Crippen LogP contribution in [-0.2, 0) is 4.79 Å². The van der Waals surface area contributed by atoms with Gasteiger partial charge in [0.15, 0.2) is 0 Å². The normalized spacial score (nSPS) is 13.3. The van der Waals surface area contributed by atoms with Crippen LogP contribution in [0.15, 0.2) is 0 Å². The summed E-state index contributed by atoms with van der Waals surface area (Å²) in [5.41, 5.74) is 0. The minimum absolute atomic E-state index is 0.316. The van der Waals surface area contributed by atoms with E-state index in [1.165, 1.54) is 12.8 Å². The van der Waals surface area contributed by atoms with E-state index in [4.69, 9.17) is 5.11 Å². The number of rotatable bonds is 6. The lowest BCUT2D eigenvalue weighted by molar-refractivity contribution is -0.138. The van der Waals surface area contributed by atoms with Crippen LogP contribution in [0.5, 0.6) is 0 Å². The van der Waals surface area contributed by atoms with Crippen molar-refractivity contribution in [1.29, 1.82) is 0 Å². The van der Waals surface area contributed by atoms with Crippen LogP contribution in [0, 0.1) is 11.8 Å². The Morgan fingerprint density at radius 2 is 1.83 bits per heavy atom. The molecule has 0 aliphatic carbocycles. The molecule has 0 spiro atoms. The first-order valence-corrected chi connectivity index (χ1v) is 4.81. The molecule has 0 rings (SSSR count). The predicted molar refractivity (Wildman–Crippen MR) is 50.1 cm³/mol. The van der Waals surface area contributed by atoms with Crippen LogP contribution >= 0.6 is 0 Å². The maximum Gasteiger partial charge on any atom is 0.303 e. The van der Waals surface area contributed by atoms with E-state index in [9.17, 15) is 4.79 Å². The van der Waals surface area contributed by atoms with Crippen LogP contribution in [0.3, 0.4) is 0 Å². The molecule has 0 fully saturated rings. The molecule has 1 atom stereocenters. The van der Waals surface area contributed by atoms with E-state index in [0.29, 0.717) is 18.3 Å². The van der Waals surface area contributed by atoms with Crippen molar-refractivity contribution in [2.45, 2.75) is 46.5 Å². The zero-order chi connectivity index (χ0) is 9.56. The summed E-state index contributed by atoms with van der Waals surface area (Å²) in [4.78, 5) is 10.4. The second-order valence-electron chi connectivity index (χ2n) is 3.62. The van der Waals surface area contributed by atoms with Crippen molar-refractivity contribution in [3.05, 3.63) is 0 Å². The Morgan fingerprint density at radius 3 is 2.17 bits per heavy atom. The topological polar surface area (TPSA) is 37.3 Å². The van der Waals surface area contributed by atoms with Crippen LogP contribution in [0.25, 0.3) is 0 Å². The van der Waals surface area contributed by atoms with Gasteiger partial charge < -0.3 is 5.11 Å². The first kappa shape index (κ1) is 11.5. The molecule has 0 bridgehead atoms. The molecule has 12 heavy (non-hydrogen) atoms. The van der Waals surface area contributed by atoms with E-state index in [2.05, 4.69) is 13.8 Å². The molecule has 2 heteroatoms. The van der Waals surface area contributed by atoms with E-state index >= 15 is 0 Å². The van der Waals surface area contributed by atoms with Crippen LogP contribution in [0.2, 0.25) is 0 Å². The van der Waals surface area contributed by atoms with Crippen molar-refractivity contribution in [2.24, 2.45) is 11.8 Å². The van der Waals surface area contributed by atoms with Crippen molar-refractivity contribution >= 4 is 5.97 Å². The summed E-state index contributed by atoms with van der Waals surface area (Å²) in [6, 6.07) is 0. The van der Waals surface area contributed by atoms with Crippen molar-refractivity contribution < 1.29 is 9.90 Å². The summed E-state index contributed by atoms with van der Waals surface area (Å²) in [6.45, 7) is 6.36.